The van der Waals surface area contributed by atoms with Crippen LogP contribution in [-0.2, 0) is 11.3 Å². The van der Waals surface area contributed by atoms with Crippen molar-refractivity contribution in [3.63, 3.8) is 0 Å². The molecule has 120 valence electrons. The topological polar surface area (TPSA) is 92.5 Å². The van der Waals surface area contributed by atoms with Crippen molar-refractivity contribution in [1.82, 2.24) is 14.7 Å². The fraction of sp³-hybridized carbons (Fsp3) is 0.600. The smallest absolute Gasteiger partial charge is 0.303 e. The number of aliphatic carboxylic acids is 1. The molecule has 1 aliphatic rings. The highest BCUT2D eigenvalue weighted by molar-refractivity contribution is 5.92. The Morgan fingerprint density at radius 2 is 2.14 bits per heavy atom. The van der Waals surface area contributed by atoms with E-state index in [2.05, 4.69) is 5.10 Å². The summed E-state index contributed by atoms with van der Waals surface area (Å²) in [6.45, 7) is 2.80. The molecular weight excluding hydrogens is 286 g/mol. The Balaban J connectivity index is 2.17. The van der Waals surface area contributed by atoms with E-state index in [-0.39, 0.29) is 29.6 Å². The van der Waals surface area contributed by atoms with Crippen molar-refractivity contribution >= 4 is 11.9 Å². The van der Waals surface area contributed by atoms with E-state index < -0.39 is 5.97 Å². The molecule has 1 amide bonds. The predicted molar refractivity (Wildman–Crippen MR) is 79.7 cm³/mol. The van der Waals surface area contributed by atoms with Crippen LogP contribution in [0.5, 0.6) is 0 Å². The molecule has 1 fully saturated rings. The lowest BCUT2D eigenvalue weighted by atomic mass is 9.97. The second-order valence-electron chi connectivity index (χ2n) is 5.45. The van der Waals surface area contributed by atoms with Gasteiger partial charge in [-0.1, -0.05) is 0 Å². The summed E-state index contributed by atoms with van der Waals surface area (Å²) in [7, 11) is 0. The van der Waals surface area contributed by atoms with Crippen LogP contribution in [0.3, 0.4) is 0 Å². The largest absolute Gasteiger partial charge is 0.481 e. The minimum Gasteiger partial charge on any atom is -0.481 e. The van der Waals surface area contributed by atoms with Crippen LogP contribution in [0.15, 0.2) is 16.9 Å². The maximum absolute atomic E-state index is 12.6. The summed E-state index contributed by atoms with van der Waals surface area (Å²) in [5.74, 6) is -1.08. The van der Waals surface area contributed by atoms with Gasteiger partial charge < -0.3 is 10.0 Å². The predicted octanol–water partition coefficient (Wildman–Crippen LogP) is 1.12. The van der Waals surface area contributed by atoms with E-state index in [1.165, 1.54) is 16.8 Å². The van der Waals surface area contributed by atoms with Crippen LogP contribution in [0, 0.1) is 0 Å². The quantitative estimate of drug-likeness (QED) is 0.880. The molecule has 7 heteroatoms. The Morgan fingerprint density at radius 1 is 1.36 bits per heavy atom. The summed E-state index contributed by atoms with van der Waals surface area (Å²) in [4.78, 5) is 36.7. The summed E-state index contributed by atoms with van der Waals surface area (Å²) in [6, 6.07) is 2.72. The van der Waals surface area contributed by atoms with Crippen molar-refractivity contribution in [2.45, 2.75) is 51.6 Å². The fourth-order valence-electron chi connectivity index (χ4n) is 2.79. The van der Waals surface area contributed by atoms with E-state index in [1.807, 2.05) is 0 Å². The number of aromatic nitrogens is 2. The van der Waals surface area contributed by atoms with Gasteiger partial charge >= 0.3 is 5.97 Å². The first-order chi connectivity index (χ1) is 10.5. The molecule has 0 aromatic carbocycles. The molecule has 7 nitrogen and oxygen atoms in total. The van der Waals surface area contributed by atoms with Crippen LogP contribution in [0.25, 0.3) is 0 Å². The molecule has 0 unspecified atom stereocenters. The van der Waals surface area contributed by atoms with Gasteiger partial charge in [0.2, 0.25) is 0 Å². The Kier molecular flexibility index (Phi) is 5.30. The van der Waals surface area contributed by atoms with Gasteiger partial charge in [-0.2, -0.15) is 5.10 Å². The fourth-order valence-corrected chi connectivity index (χ4v) is 2.79. The number of carboxylic acids is 1. The number of piperidine rings is 1. The van der Waals surface area contributed by atoms with Crippen molar-refractivity contribution in [2.75, 3.05) is 6.54 Å². The molecule has 1 aliphatic heterocycles. The second-order valence-corrected chi connectivity index (χ2v) is 5.45. The summed E-state index contributed by atoms with van der Waals surface area (Å²) < 4.78 is 1.25. The lowest BCUT2D eigenvalue weighted by Crippen LogP contribution is -2.44. The molecule has 0 saturated carbocycles. The third-order valence-electron chi connectivity index (χ3n) is 3.96. The van der Waals surface area contributed by atoms with Crippen molar-refractivity contribution < 1.29 is 14.7 Å². The van der Waals surface area contributed by atoms with Crippen molar-refractivity contribution in [2.24, 2.45) is 0 Å². The van der Waals surface area contributed by atoms with Gasteiger partial charge in [0.1, 0.15) is 5.69 Å². The first-order valence-corrected chi connectivity index (χ1v) is 7.64. The van der Waals surface area contributed by atoms with Gasteiger partial charge in [-0.3, -0.25) is 14.4 Å². The summed E-state index contributed by atoms with van der Waals surface area (Å²) in [5, 5.41) is 12.9. The molecule has 1 aromatic rings. The minimum absolute atomic E-state index is 0.0519. The molecule has 1 N–H and O–H groups in total. The van der Waals surface area contributed by atoms with Crippen molar-refractivity contribution in [3.8, 4) is 0 Å². The van der Waals surface area contributed by atoms with Crippen LogP contribution in [-0.4, -0.2) is 44.3 Å². The van der Waals surface area contributed by atoms with Crippen LogP contribution in [0.2, 0.25) is 0 Å². The number of amides is 1. The standard InChI is InChI=1S/C15H21N3O4/c1-2-18-13(19)8-7-12(16-18)15(22)17-10-4-3-5-11(17)6-9-14(20)21/h7-8,11H,2-6,9-10H2,1H3,(H,20,21)/t11-/m1/s1. The number of aryl methyl sites for hydroxylation is 1. The number of hydrogen-bond acceptors (Lipinski definition) is 4. The molecule has 0 bridgehead atoms. The molecule has 2 heterocycles. The van der Waals surface area contributed by atoms with E-state index >= 15 is 0 Å². The van der Waals surface area contributed by atoms with Crippen LogP contribution >= 0.6 is 0 Å². The lowest BCUT2D eigenvalue weighted by molar-refractivity contribution is -0.137. The zero-order chi connectivity index (χ0) is 16.1. The number of carbonyl (C=O) groups excluding carboxylic acids is 1. The maximum Gasteiger partial charge on any atom is 0.303 e. The third kappa shape index (κ3) is 3.72. The SMILES string of the molecule is CCn1nc(C(=O)N2CCCC[C@@H]2CCC(=O)O)ccc1=O. The number of carbonyl (C=O) groups is 2. The number of likely N-dealkylation sites (tertiary alicyclic amines) is 1. The number of hydrogen-bond donors (Lipinski definition) is 1. The number of nitrogens with zero attached hydrogens (tertiary/aromatic N) is 3. The Morgan fingerprint density at radius 3 is 2.82 bits per heavy atom. The van der Waals surface area contributed by atoms with Gasteiger partial charge in [0, 0.05) is 31.6 Å². The Hall–Kier alpha value is -2.18. The van der Waals surface area contributed by atoms with E-state index in [4.69, 9.17) is 5.11 Å². The molecule has 2 rings (SSSR count). The highest BCUT2D eigenvalue weighted by Gasteiger charge is 2.28. The molecule has 1 saturated heterocycles. The molecule has 0 aliphatic carbocycles. The van der Waals surface area contributed by atoms with Gasteiger partial charge in [-0.15, -0.1) is 0 Å². The lowest BCUT2D eigenvalue weighted by Gasteiger charge is -2.35. The maximum atomic E-state index is 12.6. The van der Waals surface area contributed by atoms with Gasteiger partial charge in [0.25, 0.3) is 11.5 Å². The second kappa shape index (κ2) is 7.20. The number of rotatable bonds is 5. The number of carboxylic acid groups (broad SMARTS) is 1. The Bertz CT molecular complexity index is 611. The van der Waals surface area contributed by atoms with Gasteiger partial charge in [-0.25, -0.2) is 4.68 Å². The summed E-state index contributed by atoms with van der Waals surface area (Å²) in [5.41, 5.74) is 0.00352. The van der Waals surface area contributed by atoms with Gasteiger partial charge in [0.05, 0.1) is 0 Å². The molecule has 0 radical (unpaired) electrons. The van der Waals surface area contributed by atoms with E-state index in [9.17, 15) is 14.4 Å². The molecule has 1 atom stereocenters. The zero-order valence-corrected chi connectivity index (χ0v) is 12.7. The molecule has 22 heavy (non-hydrogen) atoms. The first kappa shape index (κ1) is 16.2. The zero-order valence-electron chi connectivity index (χ0n) is 12.7. The third-order valence-corrected chi connectivity index (χ3v) is 3.96. The van der Waals surface area contributed by atoms with E-state index in [0.717, 1.165) is 19.3 Å². The van der Waals surface area contributed by atoms with Crippen LogP contribution in [0.4, 0.5) is 0 Å². The van der Waals surface area contributed by atoms with Gasteiger partial charge in [0.15, 0.2) is 0 Å². The summed E-state index contributed by atoms with van der Waals surface area (Å²) >= 11 is 0. The monoisotopic (exact) mass is 307 g/mol. The first-order valence-electron chi connectivity index (χ1n) is 7.64. The highest BCUT2D eigenvalue weighted by Crippen LogP contribution is 2.22. The molecule has 0 spiro atoms. The average Bonchev–Trinajstić information content (AvgIpc) is 2.53. The average molecular weight is 307 g/mol. The normalized spacial score (nSPS) is 18.2. The van der Waals surface area contributed by atoms with Crippen molar-refractivity contribution in [1.29, 1.82) is 0 Å². The molecular formula is C15H21N3O4. The highest BCUT2D eigenvalue weighted by atomic mass is 16.4. The van der Waals surface area contributed by atoms with Crippen LogP contribution in [0.1, 0.15) is 49.5 Å². The summed E-state index contributed by atoms with van der Waals surface area (Å²) in [6.07, 6.45) is 3.22. The van der Waals surface area contributed by atoms with Crippen molar-refractivity contribution in [3.05, 3.63) is 28.2 Å². The van der Waals surface area contributed by atoms with Gasteiger partial charge in [-0.05, 0) is 38.7 Å². The Labute approximate surface area is 128 Å². The minimum atomic E-state index is -0.851. The molecule has 1 aromatic heterocycles. The van der Waals surface area contributed by atoms with Crippen LogP contribution < -0.4 is 5.56 Å². The van der Waals surface area contributed by atoms with E-state index in [0.29, 0.717) is 19.5 Å². The van der Waals surface area contributed by atoms with E-state index in [1.54, 1.807) is 11.8 Å².